The first kappa shape index (κ1) is 14.0. The van der Waals surface area contributed by atoms with Crippen LogP contribution in [-0.2, 0) is 9.53 Å². The third-order valence-corrected chi connectivity index (χ3v) is 3.56. The molecule has 0 aromatic heterocycles. The first-order valence-electron chi connectivity index (χ1n) is 6.39. The second kappa shape index (κ2) is 6.61. The number of carbonyl (C=O) groups excluding carboxylic acids is 1. The number of likely N-dealkylation sites (N-methyl/N-ethyl adjacent to an activating group) is 1. The number of rotatable bonds is 5. The van der Waals surface area contributed by atoms with Gasteiger partial charge in [0.05, 0.1) is 12.7 Å². The van der Waals surface area contributed by atoms with Crippen molar-refractivity contribution in [2.24, 2.45) is 5.41 Å². The lowest BCUT2D eigenvalue weighted by molar-refractivity contribution is -0.141. The fourth-order valence-corrected chi connectivity index (χ4v) is 2.44. The zero-order chi connectivity index (χ0) is 12.7. The average molecular weight is 238 g/mol. The molecule has 0 bridgehead atoms. The smallest absolute Gasteiger partial charge is 0.243 e. The summed E-state index contributed by atoms with van der Waals surface area (Å²) in [6.07, 6.45) is 4.54. The predicted octanol–water partition coefficient (Wildman–Crippen LogP) is 1.96. The van der Waals surface area contributed by atoms with Gasteiger partial charge in [-0.2, -0.15) is 5.26 Å². The Morgan fingerprint density at radius 2 is 2.06 bits per heavy atom. The van der Waals surface area contributed by atoms with E-state index in [9.17, 15) is 10.1 Å². The fraction of sp³-hybridized carbons (Fsp3) is 0.846. The van der Waals surface area contributed by atoms with Crippen molar-refractivity contribution in [2.75, 3.05) is 26.8 Å². The third-order valence-electron chi connectivity index (χ3n) is 3.56. The van der Waals surface area contributed by atoms with E-state index in [-0.39, 0.29) is 5.91 Å². The van der Waals surface area contributed by atoms with Crippen LogP contribution in [0, 0.1) is 16.7 Å². The SMILES string of the molecule is CCN(CCOC)C(=O)C1(C#N)CCCCC1. The molecule has 0 saturated heterocycles. The highest BCUT2D eigenvalue weighted by Gasteiger charge is 2.41. The molecule has 96 valence electrons. The Kier molecular flexibility index (Phi) is 5.43. The Morgan fingerprint density at radius 1 is 1.41 bits per heavy atom. The molecule has 0 radical (unpaired) electrons. The summed E-state index contributed by atoms with van der Waals surface area (Å²) in [5.41, 5.74) is -0.762. The van der Waals surface area contributed by atoms with Crippen LogP contribution < -0.4 is 0 Å². The van der Waals surface area contributed by atoms with E-state index in [0.717, 1.165) is 19.3 Å². The Balaban J connectivity index is 2.73. The lowest BCUT2D eigenvalue weighted by Crippen LogP contribution is -2.45. The van der Waals surface area contributed by atoms with Gasteiger partial charge in [-0.3, -0.25) is 4.79 Å². The van der Waals surface area contributed by atoms with Gasteiger partial charge in [0.1, 0.15) is 5.41 Å². The lowest BCUT2D eigenvalue weighted by atomic mass is 9.74. The van der Waals surface area contributed by atoms with Gasteiger partial charge in [-0.1, -0.05) is 19.3 Å². The zero-order valence-corrected chi connectivity index (χ0v) is 10.9. The Morgan fingerprint density at radius 3 is 2.53 bits per heavy atom. The number of amides is 1. The number of methoxy groups -OCH3 is 1. The van der Waals surface area contributed by atoms with Crippen molar-refractivity contribution in [1.82, 2.24) is 4.90 Å². The summed E-state index contributed by atoms with van der Waals surface area (Å²) in [6, 6.07) is 2.28. The highest BCUT2D eigenvalue weighted by molar-refractivity contribution is 5.85. The molecule has 1 aliphatic carbocycles. The topological polar surface area (TPSA) is 53.3 Å². The zero-order valence-electron chi connectivity index (χ0n) is 10.9. The van der Waals surface area contributed by atoms with E-state index in [2.05, 4.69) is 6.07 Å². The van der Waals surface area contributed by atoms with Gasteiger partial charge in [0.15, 0.2) is 0 Å². The van der Waals surface area contributed by atoms with Crippen molar-refractivity contribution in [3.8, 4) is 6.07 Å². The van der Waals surface area contributed by atoms with E-state index < -0.39 is 5.41 Å². The van der Waals surface area contributed by atoms with Gasteiger partial charge >= 0.3 is 0 Å². The molecule has 4 heteroatoms. The molecule has 1 aliphatic rings. The Labute approximate surface area is 104 Å². The monoisotopic (exact) mass is 238 g/mol. The van der Waals surface area contributed by atoms with E-state index in [1.807, 2.05) is 6.92 Å². The minimum absolute atomic E-state index is 0.000694. The van der Waals surface area contributed by atoms with Crippen LogP contribution in [0.25, 0.3) is 0 Å². The van der Waals surface area contributed by atoms with Crippen LogP contribution in [0.3, 0.4) is 0 Å². The van der Waals surface area contributed by atoms with Crippen LogP contribution >= 0.6 is 0 Å². The molecule has 0 unspecified atom stereocenters. The first-order chi connectivity index (χ1) is 8.20. The highest BCUT2D eigenvalue weighted by Crippen LogP contribution is 2.37. The molecule has 1 fully saturated rings. The quantitative estimate of drug-likeness (QED) is 0.735. The van der Waals surface area contributed by atoms with Crippen LogP contribution in [0.2, 0.25) is 0 Å². The summed E-state index contributed by atoms with van der Waals surface area (Å²) in [6.45, 7) is 3.70. The number of carbonyl (C=O) groups is 1. The van der Waals surface area contributed by atoms with Gasteiger partial charge in [-0.15, -0.1) is 0 Å². The lowest BCUT2D eigenvalue weighted by Gasteiger charge is -2.34. The van der Waals surface area contributed by atoms with Crippen LogP contribution in [0.15, 0.2) is 0 Å². The Hall–Kier alpha value is -1.08. The molecule has 1 saturated carbocycles. The van der Waals surface area contributed by atoms with Crippen molar-refractivity contribution in [2.45, 2.75) is 39.0 Å². The summed E-state index contributed by atoms with van der Waals surface area (Å²) in [4.78, 5) is 14.2. The molecule has 0 atom stereocenters. The number of ether oxygens (including phenoxy) is 1. The second-order valence-electron chi connectivity index (χ2n) is 4.63. The van der Waals surface area contributed by atoms with Gasteiger partial charge in [0.2, 0.25) is 5.91 Å². The molecule has 0 aromatic rings. The van der Waals surface area contributed by atoms with Crippen molar-refractivity contribution < 1.29 is 9.53 Å². The number of nitrogens with zero attached hydrogens (tertiary/aromatic N) is 2. The molecule has 0 heterocycles. The third kappa shape index (κ3) is 3.19. The molecular formula is C13H22N2O2. The highest BCUT2D eigenvalue weighted by atomic mass is 16.5. The second-order valence-corrected chi connectivity index (χ2v) is 4.63. The molecule has 1 amide bonds. The van der Waals surface area contributed by atoms with E-state index in [4.69, 9.17) is 4.74 Å². The molecule has 4 nitrogen and oxygen atoms in total. The molecule has 0 aromatic carbocycles. The number of nitriles is 1. The largest absolute Gasteiger partial charge is 0.383 e. The van der Waals surface area contributed by atoms with Crippen molar-refractivity contribution in [1.29, 1.82) is 5.26 Å². The van der Waals surface area contributed by atoms with E-state index in [0.29, 0.717) is 32.5 Å². The molecule has 0 spiro atoms. The van der Waals surface area contributed by atoms with Gasteiger partial charge in [0.25, 0.3) is 0 Å². The summed E-state index contributed by atoms with van der Waals surface area (Å²) < 4.78 is 5.00. The standard InChI is InChI=1S/C13H22N2O2/c1-3-15(9-10-17-2)12(16)13(11-14)7-5-4-6-8-13/h3-10H2,1-2H3. The normalized spacial score (nSPS) is 18.4. The molecule has 0 aliphatic heterocycles. The maximum atomic E-state index is 12.4. The van der Waals surface area contributed by atoms with Crippen LogP contribution in [-0.4, -0.2) is 37.6 Å². The van der Waals surface area contributed by atoms with Gasteiger partial charge in [-0.05, 0) is 19.8 Å². The minimum Gasteiger partial charge on any atom is -0.383 e. The maximum absolute atomic E-state index is 12.4. The van der Waals surface area contributed by atoms with Crippen LogP contribution in [0.1, 0.15) is 39.0 Å². The summed E-state index contributed by atoms with van der Waals surface area (Å²) in [5, 5.41) is 9.35. The predicted molar refractivity (Wildman–Crippen MR) is 65.3 cm³/mol. The molecular weight excluding hydrogens is 216 g/mol. The summed E-state index contributed by atoms with van der Waals surface area (Å²) in [7, 11) is 1.62. The molecule has 17 heavy (non-hydrogen) atoms. The first-order valence-corrected chi connectivity index (χ1v) is 6.39. The van der Waals surface area contributed by atoms with Gasteiger partial charge < -0.3 is 9.64 Å². The summed E-state index contributed by atoms with van der Waals surface area (Å²) >= 11 is 0. The van der Waals surface area contributed by atoms with Crippen molar-refractivity contribution in [3.05, 3.63) is 0 Å². The van der Waals surface area contributed by atoms with Crippen LogP contribution in [0.5, 0.6) is 0 Å². The Bertz CT molecular complexity index is 290. The molecule has 1 rings (SSSR count). The van der Waals surface area contributed by atoms with Gasteiger partial charge in [-0.25, -0.2) is 0 Å². The number of hydrogen-bond acceptors (Lipinski definition) is 3. The van der Waals surface area contributed by atoms with Crippen molar-refractivity contribution >= 4 is 5.91 Å². The molecule has 0 N–H and O–H groups in total. The van der Waals surface area contributed by atoms with E-state index in [1.165, 1.54) is 0 Å². The fourth-order valence-electron chi connectivity index (χ4n) is 2.44. The van der Waals surface area contributed by atoms with Gasteiger partial charge in [0, 0.05) is 20.2 Å². The summed E-state index contributed by atoms with van der Waals surface area (Å²) in [5.74, 6) is -0.000694. The minimum atomic E-state index is -0.762. The number of hydrogen-bond donors (Lipinski definition) is 0. The van der Waals surface area contributed by atoms with Crippen molar-refractivity contribution in [3.63, 3.8) is 0 Å². The average Bonchev–Trinajstić information content (AvgIpc) is 2.40. The van der Waals surface area contributed by atoms with E-state index >= 15 is 0 Å². The maximum Gasteiger partial charge on any atom is 0.243 e. The van der Waals surface area contributed by atoms with E-state index in [1.54, 1.807) is 12.0 Å². The van der Waals surface area contributed by atoms with Crippen LogP contribution in [0.4, 0.5) is 0 Å².